The lowest BCUT2D eigenvalue weighted by atomic mass is 10.1. The van der Waals surface area contributed by atoms with Gasteiger partial charge in [0, 0.05) is 18.5 Å². The van der Waals surface area contributed by atoms with E-state index in [9.17, 15) is 10.1 Å². The topological polar surface area (TPSA) is 60.4 Å². The highest BCUT2D eigenvalue weighted by Gasteiger charge is 2.17. The first kappa shape index (κ1) is 12.9. The van der Waals surface area contributed by atoms with Crippen LogP contribution in [-0.4, -0.2) is 14.3 Å². The zero-order chi connectivity index (χ0) is 14.3. The number of hydrogen-bond acceptors (Lipinski definition) is 3. The van der Waals surface area contributed by atoms with Crippen molar-refractivity contribution < 1.29 is 4.92 Å². The molecule has 0 N–H and O–H groups in total. The van der Waals surface area contributed by atoms with Crippen LogP contribution in [-0.2, 0) is 0 Å². The first-order chi connectivity index (χ1) is 9.56. The van der Waals surface area contributed by atoms with Crippen LogP contribution in [0.4, 0.5) is 5.69 Å². The third-order valence-corrected chi connectivity index (χ3v) is 3.33. The minimum atomic E-state index is -0.437. The van der Waals surface area contributed by atoms with E-state index in [-0.39, 0.29) is 5.69 Å². The first-order valence-electron chi connectivity index (χ1n) is 5.64. The van der Waals surface area contributed by atoms with Crippen LogP contribution < -0.4 is 0 Å². The lowest BCUT2D eigenvalue weighted by molar-refractivity contribution is -0.384. The highest BCUT2D eigenvalue weighted by Crippen LogP contribution is 2.31. The molecule has 0 saturated heterocycles. The summed E-state index contributed by atoms with van der Waals surface area (Å²) in [6, 6.07) is 8.00. The number of pyridine rings is 1. The Morgan fingerprint density at radius 1 is 1.20 bits per heavy atom. The van der Waals surface area contributed by atoms with Crippen molar-refractivity contribution >= 4 is 34.5 Å². The predicted octanol–water partition coefficient (Wildman–Crippen LogP) is 4.22. The lowest BCUT2D eigenvalue weighted by Gasteiger charge is -1.97. The van der Waals surface area contributed by atoms with E-state index in [2.05, 4.69) is 4.98 Å². The fourth-order valence-electron chi connectivity index (χ4n) is 2.00. The van der Waals surface area contributed by atoms with Crippen LogP contribution in [0, 0.1) is 10.1 Å². The average molecular weight is 308 g/mol. The van der Waals surface area contributed by atoms with E-state index >= 15 is 0 Å². The van der Waals surface area contributed by atoms with Gasteiger partial charge in [-0.05, 0) is 12.1 Å². The number of hydrogen-bond donors (Lipinski definition) is 0. The highest BCUT2D eigenvalue weighted by molar-refractivity contribution is 6.36. The van der Waals surface area contributed by atoms with Crippen molar-refractivity contribution in [3.63, 3.8) is 0 Å². The third kappa shape index (κ3) is 2.11. The van der Waals surface area contributed by atoms with Gasteiger partial charge in [-0.1, -0.05) is 35.3 Å². The molecule has 7 heteroatoms. The molecule has 0 bridgehead atoms. The summed E-state index contributed by atoms with van der Waals surface area (Å²) in [6.07, 6.45) is 3.31. The van der Waals surface area contributed by atoms with Gasteiger partial charge in [0.2, 0.25) is 0 Å². The molecule has 0 atom stereocenters. The molecule has 1 aromatic carbocycles. The average Bonchev–Trinajstić information content (AvgIpc) is 2.82. The Morgan fingerprint density at radius 2 is 1.95 bits per heavy atom. The molecule has 20 heavy (non-hydrogen) atoms. The van der Waals surface area contributed by atoms with Crippen LogP contribution in [0.25, 0.3) is 16.9 Å². The molecule has 3 rings (SSSR count). The van der Waals surface area contributed by atoms with E-state index in [1.807, 2.05) is 0 Å². The Balaban J connectivity index is 2.26. The Morgan fingerprint density at radius 3 is 2.70 bits per heavy atom. The van der Waals surface area contributed by atoms with Gasteiger partial charge in [-0.25, -0.2) is 4.98 Å². The van der Waals surface area contributed by atoms with E-state index in [1.54, 1.807) is 41.1 Å². The SMILES string of the molecule is O=[N+]([O-])c1ccccc1-c1cn2cc(Cl)cc(Cl)c2n1. The van der Waals surface area contributed by atoms with Gasteiger partial charge in [-0.3, -0.25) is 10.1 Å². The van der Waals surface area contributed by atoms with Gasteiger partial charge >= 0.3 is 0 Å². The number of nitro benzene ring substituents is 1. The van der Waals surface area contributed by atoms with Crippen molar-refractivity contribution in [2.45, 2.75) is 0 Å². The number of halogens is 2. The maximum Gasteiger partial charge on any atom is 0.278 e. The van der Waals surface area contributed by atoms with Crippen molar-refractivity contribution in [1.82, 2.24) is 9.38 Å². The maximum atomic E-state index is 11.1. The second-order valence-corrected chi connectivity index (χ2v) is 4.98. The number of imidazole rings is 1. The Hall–Kier alpha value is -2.11. The zero-order valence-corrected chi connectivity index (χ0v) is 11.5. The van der Waals surface area contributed by atoms with Crippen LogP contribution in [0.1, 0.15) is 0 Å². The van der Waals surface area contributed by atoms with Crippen molar-refractivity contribution in [1.29, 1.82) is 0 Å². The third-order valence-electron chi connectivity index (χ3n) is 2.85. The molecule has 3 aromatic rings. The number of rotatable bonds is 2. The van der Waals surface area contributed by atoms with Gasteiger partial charge in [0.05, 0.1) is 26.2 Å². The maximum absolute atomic E-state index is 11.1. The smallest absolute Gasteiger partial charge is 0.278 e. The minimum absolute atomic E-state index is 0.00174. The second-order valence-electron chi connectivity index (χ2n) is 4.14. The quantitative estimate of drug-likeness (QED) is 0.526. The lowest BCUT2D eigenvalue weighted by Crippen LogP contribution is -1.91. The summed E-state index contributed by atoms with van der Waals surface area (Å²) in [7, 11) is 0. The second kappa shape index (κ2) is 4.77. The summed E-state index contributed by atoms with van der Waals surface area (Å²) in [4.78, 5) is 15.0. The number of nitro groups is 1. The number of benzene rings is 1. The number of para-hydroxylation sites is 1. The molecule has 100 valence electrons. The number of aromatic nitrogens is 2. The summed E-state index contributed by atoms with van der Waals surface area (Å²) in [5.41, 5.74) is 1.41. The zero-order valence-electron chi connectivity index (χ0n) is 9.96. The highest BCUT2D eigenvalue weighted by atomic mass is 35.5. The predicted molar refractivity (Wildman–Crippen MR) is 77.3 cm³/mol. The standard InChI is InChI=1S/C13H7Cl2N3O2/c14-8-5-10(15)13-16-11(7-17(13)6-8)9-3-1-2-4-12(9)18(19)20/h1-7H. The molecule has 0 saturated carbocycles. The summed E-state index contributed by atoms with van der Waals surface area (Å²) in [6.45, 7) is 0. The van der Waals surface area contributed by atoms with Crippen molar-refractivity contribution in [2.24, 2.45) is 0 Å². The van der Waals surface area contributed by atoms with Gasteiger partial charge in [0.15, 0.2) is 5.65 Å². The van der Waals surface area contributed by atoms with Crippen molar-refractivity contribution in [3.05, 3.63) is 62.9 Å². The fourth-order valence-corrected chi connectivity index (χ4v) is 2.53. The van der Waals surface area contributed by atoms with E-state index in [1.165, 1.54) is 6.07 Å². The summed E-state index contributed by atoms with van der Waals surface area (Å²) in [5.74, 6) is 0. The molecular formula is C13H7Cl2N3O2. The summed E-state index contributed by atoms with van der Waals surface area (Å²) >= 11 is 12.0. The van der Waals surface area contributed by atoms with E-state index in [0.29, 0.717) is 26.9 Å². The van der Waals surface area contributed by atoms with Gasteiger partial charge in [-0.2, -0.15) is 0 Å². The molecule has 0 spiro atoms. The largest absolute Gasteiger partial charge is 0.304 e. The normalized spacial score (nSPS) is 10.9. The first-order valence-corrected chi connectivity index (χ1v) is 6.39. The number of nitrogens with zero attached hydrogens (tertiary/aromatic N) is 3. The monoisotopic (exact) mass is 307 g/mol. The molecule has 0 unspecified atom stereocenters. The Bertz CT molecular complexity index is 830. The molecule has 2 heterocycles. The van der Waals surface area contributed by atoms with Crippen molar-refractivity contribution in [3.8, 4) is 11.3 Å². The van der Waals surface area contributed by atoms with E-state index in [0.717, 1.165) is 0 Å². The molecule has 0 aliphatic heterocycles. The van der Waals surface area contributed by atoms with E-state index in [4.69, 9.17) is 23.2 Å². The minimum Gasteiger partial charge on any atom is -0.304 e. The van der Waals surface area contributed by atoms with Crippen LogP contribution >= 0.6 is 23.2 Å². The molecule has 5 nitrogen and oxygen atoms in total. The molecule has 0 amide bonds. The molecule has 0 aliphatic rings. The van der Waals surface area contributed by atoms with Crippen LogP contribution in [0.15, 0.2) is 42.7 Å². The molecular weight excluding hydrogens is 301 g/mol. The summed E-state index contributed by atoms with van der Waals surface area (Å²) in [5, 5.41) is 11.9. The van der Waals surface area contributed by atoms with E-state index < -0.39 is 4.92 Å². The van der Waals surface area contributed by atoms with Gasteiger partial charge in [-0.15, -0.1) is 0 Å². The van der Waals surface area contributed by atoms with Crippen LogP contribution in [0.2, 0.25) is 10.0 Å². The molecule has 2 aromatic heterocycles. The van der Waals surface area contributed by atoms with Crippen LogP contribution in [0.3, 0.4) is 0 Å². The van der Waals surface area contributed by atoms with Crippen molar-refractivity contribution in [2.75, 3.05) is 0 Å². The fraction of sp³-hybridized carbons (Fsp3) is 0. The summed E-state index contributed by atoms with van der Waals surface area (Å²) < 4.78 is 1.65. The Labute approximate surface area is 123 Å². The molecule has 0 radical (unpaired) electrons. The Kier molecular flexibility index (Phi) is 3.08. The van der Waals surface area contributed by atoms with Crippen LogP contribution in [0.5, 0.6) is 0 Å². The molecule has 0 aliphatic carbocycles. The number of fused-ring (bicyclic) bond motifs is 1. The molecule has 0 fully saturated rings. The van der Waals surface area contributed by atoms with Gasteiger partial charge < -0.3 is 4.40 Å². The van der Waals surface area contributed by atoms with Gasteiger partial charge in [0.1, 0.15) is 0 Å². The van der Waals surface area contributed by atoms with Gasteiger partial charge in [0.25, 0.3) is 5.69 Å².